The molecule has 3 aromatic rings. The van der Waals surface area contributed by atoms with Crippen LogP contribution in [0.2, 0.25) is 0 Å². The van der Waals surface area contributed by atoms with E-state index >= 15 is 0 Å². The van der Waals surface area contributed by atoms with E-state index in [0.29, 0.717) is 6.61 Å². The van der Waals surface area contributed by atoms with Gasteiger partial charge in [0.1, 0.15) is 0 Å². The lowest BCUT2D eigenvalue weighted by Crippen LogP contribution is -2.47. The Hall–Kier alpha value is -3.11. The molecule has 1 aliphatic rings. The maximum atomic E-state index is 13.2. The number of hydrogen-bond donors (Lipinski definition) is 0. The number of aryl methyl sites for hydroxylation is 1. The monoisotopic (exact) mass is 498 g/mol. The first-order valence-corrected chi connectivity index (χ1v) is 13.9. The molecular weight excluding hydrogens is 456 g/mol. The fraction of sp³-hybridized carbons (Fsp3) is 0.424. The smallest absolute Gasteiger partial charge is 0.316 e. The standard InChI is InChI=1S/C33H42N2O2/c1-4-26-37-32(36)33(5-2,30-10-7-6-8-11-30)20-9-21-34-22-24-35(25-23-34)31-18-16-29(17-19-31)28-14-12-27(3)13-15-28/h6-8,10-19H,4-5,9,20-26H2,1-3H3. The second kappa shape index (κ2) is 12.9. The topological polar surface area (TPSA) is 32.8 Å². The van der Waals surface area contributed by atoms with E-state index in [9.17, 15) is 4.79 Å². The number of ether oxygens (including phenoxy) is 1. The van der Waals surface area contributed by atoms with Gasteiger partial charge in [0.2, 0.25) is 0 Å². The van der Waals surface area contributed by atoms with Crippen molar-refractivity contribution in [1.29, 1.82) is 0 Å². The van der Waals surface area contributed by atoms with Crippen LogP contribution in [0.3, 0.4) is 0 Å². The van der Waals surface area contributed by atoms with Crippen LogP contribution in [0.4, 0.5) is 5.69 Å². The van der Waals surface area contributed by atoms with E-state index in [4.69, 9.17) is 4.74 Å². The van der Waals surface area contributed by atoms with Crippen LogP contribution < -0.4 is 4.90 Å². The molecule has 3 aromatic carbocycles. The van der Waals surface area contributed by atoms with Crippen LogP contribution in [0.5, 0.6) is 0 Å². The zero-order valence-corrected chi connectivity index (χ0v) is 22.8. The summed E-state index contributed by atoms with van der Waals surface area (Å²) in [5, 5.41) is 0. The highest BCUT2D eigenvalue weighted by Crippen LogP contribution is 2.35. The van der Waals surface area contributed by atoms with Gasteiger partial charge in [0, 0.05) is 31.9 Å². The van der Waals surface area contributed by atoms with Crippen molar-refractivity contribution in [3.8, 4) is 11.1 Å². The Balaban J connectivity index is 1.31. The zero-order valence-electron chi connectivity index (χ0n) is 22.8. The zero-order chi connectivity index (χ0) is 26.1. The van der Waals surface area contributed by atoms with Crippen LogP contribution in [0.15, 0.2) is 78.9 Å². The Morgan fingerprint density at radius 1 is 0.838 bits per heavy atom. The lowest BCUT2D eigenvalue weighted by molar-refractivity contribution is -0.151. The fourth-order valence-electron chi connectivity index (χ4n) is 5.42. The minimum Gasteiger partial charge on any atom is -0.465 e. The predicted molar refractivity (Wildman–Crippen MR) is 154 cm³/mol. The highest BCUT2D eigenvalue weighted by atomic mass is 16.5. The van der Waals surface area contributed by atoms with Gasteiger partial charge in [-0.25, -0.2) is 0 Å². The largest absolute Gasteiger partial charge is 0.465 e. The molecule has 37 heavy (non-hydrogen) atoms. The fourth-order valence-corrected chi connectivity index (χ4v) is 5.42. The van der Waals surface area contributed by atoms with Gasteiger partial charge in [-0.15, -0.1) is 0 Å². The summed E-state index contributed by atoms with van der Waals surface area (Å²) in [6.07, 6.45) is 3.40. The average molecular weight is 499 g/mol. The predicted octanol–water partition coefficient (Wildman–Crippen LogP) is 6.87. The summed E-state index contributed by atoms with van der Waals surface area (Å²) in [4.78, 5) is 18.3. The molecule has 0 bridgehead atoms. The number of nitrogens with zero attached hydrogens (tertiary/aromatic N) is 2. The van der Waals surface area contributed by atoms with Gasteiger partial charge in [0.25, 0.3) is 0 Å². The molecule has 4 rings (SSSR count). The van der Waals surface area contributed by atoms with Gasteiger partial charge in [0.05, 0.1) is 12.0 Å². The first-order valence-electron chi connectivity index (χ1n) is 13.9. The Morgan fingerprint density at radius 2 is 1.46 bits per heavy atom. The molecule has 0 saturated carbocycles. The number of hydrogen-bond acceptors (Lipinski definition) is 4. The average Bonchev–Trinajstić information content (AvgIpc) is 2.95. The van der Waals surface area contributed by atoms with Crippen molar-refractivity contribution < 1.29 is 9.53 Å². The molecule has 0 amide bonds. The Kier molecular flexibility index (Phi) is 9.40. The second-order valence-corrected chi connectivity index (χ2v) is 10.3. The molecule has 4 nitrogen and oxygen atoms in total. The minimum absolute atomic E-state index is 0.0676. The molecule has 1 fully saturated rings. The molecular formula is C33H42N2O2. The van der Waals surface area contributed by atoms with Crippen molar-refractivity contribution in [3.63, 3.8) is 0 Å². The minimum atomic E-state index is -0.558. The van der Waals surface area contributed by atoms with E-state index in [2.05, 4.69) is 84.3 Å². The van der Waals surface area contributed by atoms with Crippen molar-refractivity contribution in [3.05, 3.63) is 90.0 Å². The van der Waals surface area contributed by atoms with Crippen LogP contribution in [-0.4, -0.2) is 50.2 Å². The third-order valence-corrected chi connectivity index (χ3v) is 7.83. The molecule has 1 aliphatic heterocycles. The van der Waals surface area contributed by atoms with Crippen LogP contribution >= 0.6 is 0 Å². The van der Waals surface area contributed by atoms with E-state index in [-0.39, 0.29) is 5.97 Å². The molecule has 0 N–H and O–H groups in total. The first-order chi connectivity index (χ1) is 18.1. The van der Waals surface area contributed by atoms with E-state index in [1.54, 1.807) is 0 Å². The lowest BCUT2D eigenvalue weighted by Gasteiger charge is -2.37. The van der Waals surface area contributed by atoms with E-state index in [1.165, 1.54) is 22.4 Å². The first kappa shape index (κ1) is 26.9. The van der Waals surface area contributed by atoms with Gasteiger partial charge in [-0.05, 0) is 68.0 Å². The molecule has 1 heterocycles. The summed E-state index contributed by atoms with van der Waals surface area (Å²) in [5.74, 6) is -0.0676. The molecule has 0 aliphatic carbocycles. The SMILES string of the molecule is CCCOC(=O)C(CC)(CCCN1CCN(c2ccc(-c3ccc(C)cc3)cc2)CC1)c1ccccc1. The number of anilines is 1. The molecule has 4 heteroatoms. The van der Waals surface area contributed by atoms with Crippen LogP contribution in [-0.2, 0) is 14.9 Å². The van der Waals surface area contributed by atoms with Gasteiger partial charge >= 0.3 is 5.97 Å². The molecule has 0 radical (unpaired) electrons. The number of rotatable bonds is 11. The summed E-state index contributed by atoms with van der Waals surface area (Å²) in [6, 6.07) is 27.9. The lowest BCUT2D eigenvalue weighted by atomic mass is 9.74. The molecule has 1 atom stereocenters. The number of carbonyl (C=O) groups is 1. The van der Waals surface area contributed by atoms with Crippen molar-refractivity contribution in [2.24, 2.45) is 0 Å². The summed E-state index contributed by atoms with van der Waals surface area (Å²) >= 11 is 0. The van der Waals surface area contributed by atoms with Crippen molar-refractivity contribution in [1.82, 2.24) is 4.90 Å². The normalized spacial score (nSPS) is 15.8. The van der Waals surface area contributed by atoms with Gasteiger partial charge < -0.3 is 9.64 Å². The highest BCUT2D eigenvalue weighted by molar-refractivity contribution is 5.83. The van der Waals surface area contributed by atoms with Gasteiger partial charge in [0.15, 0.2) is 0 Å². The Bertz CT molecular complexity index is 1100. The molecule has 196 valence electrons. The molecule has 1 unspecified atom stereocenters. The van der Waals surface area contributed by atoms with Crippen LogP contribution in [0, 0.1) is 6.92 Å². The maximum absolute atomic E-state index is 13.2. The Morgan fingerprint density at radius 3 is 2.05 bits per heavy atom. The van der Waals surface area contributed by atoms with Crippen LogP contribution in [0.1, 0.15) is 50.7 Å². The quantitative estimate of drug-likeness (QED) is 0.270. The van der Waals surface area contributed by atoms with Gasteiger partial charge in [-0.3, -0.25) is 9.69 Å². The summed E-state index contributed by atoms with van der Waals surface area (Å²) in [6.45, 7) is 11.9. The van der Waals surface area contributed by atoms with Crippen molar-refractivity contribution in [2.75, 3.05) is 44.2 Å². The highest BCUT2D eigenvalue weighted by Gasteiger charge is 2.39. The van der Waals surface area contributed by atoms with Crippen molar-refractivity contribution in [2.45, 2.75) is 51.9 Å². The number of piperazine rings is 1. The summed E-state index contributed by atoms with van der Waals surface area (Å²) in [7, 11) is 0. The number of benzene rings is 3. The second-order valence-electron chi connectivity index (χ2n) is 10.3. The third-order valence-electron chi connectivity index (χ3n) is 7.83. The number of carbonyl (C=O) groups excluding carboxylic acids is 1. The Labute approximate surface area is 223 Å². The van der Waals surface area contributed by atoms with Crippen molar-refractivity contribution >= 4 is 11.7 Å². The number of esters is 1. The molecule has 0 spiro atoms. The van der Waals surface area contributed by atoms with E-state index in [0.717, 1.165) is 64.0 Å². The van der Waals surface area contributed by atoms with Gasteiger partial charge in [-0.1, -0.05) is 86.1 Å². The van der Waals surface area contributed by atoms with Crippen LogP contribution in [0.25, 0.3) is 11.1 Å². The maximum Gasteiger partial charge on any atom is 0.316 e. The molecule has 1 saturated heterocycles. The summed E-state index contributed by atoms with van der Waals surface area (Å²) in [5.41, 5.74) is 5.63. The third kappa shape index (κ3) is 6.61. The van der Waals surface area contributed by atoms with E-state index in [1.807, 2.05) is 25.1 Å². The molecule has 0 aromatic heterocycles. The summed E-state index contributed by atoms with van der Waals surface area (Å²) < 4.78 is 5.69. The van der Waals surface area contributed by atoms with E-state index < -0.39 is 5.41 Å². The van der Waals surface area contributed by atoms with Gasteiger partial charge in [-0.2, -0.15) is 0 Å².